The minimum atomic E-state index is -4.33. The first-order valence-electron chi connectivity index (χ1n) is 7.82. The van der Waals surface area contributed by atoms with Gasteiger partial charge < -0.3 is 33.3 Å². The summed E-state index contributed by atoms with van der Waals surface area (Å²) in [6.45, 7) is -0.224. The molecule has 0 fully saturated rings. The molecule has 0 bridgehead atoms. The maximum Gasteiger partial charge on any atom is 0.407 e. The normalized spacial score (nSPS) is 12.6. The highest BCUT2D eigenvalue weighted by Gasteiger charge is 2.63. The number of ether oxygens (including phenoxy) is 1. The van der Waals surface area contributed by atoms with Crippen LogP contribution < -0.4 is 5.32 Å². The van der Waals surface area contributed by atoms with Crippen LogP contribution in [-0.2, 0) is 38.6 Å². The van der Waals surface area contributed by atoms with Gasteiger partial charge in [-0.2, -0.15) is 0 Å². The number of hydrogen-bond donors (Lipinski definition) is 2. The van der Waals surface area contributed by atoms with Crippen LogP contribution in [0, 0.1) is 0 Å². The quantitative estimate of drug-likeness (QED) is 0.514. The van der Waals surface area contributed by atoms with E-state index in [-0.39, 0.29) is 13.2 Å². The third-order valence-electron chi connectivity index (χ3n) is 3.78. The van der Waals surface area contributed by atoms with Gasteiger partial charge in [0, 0.05) is 41.4 Å². The second-order valence-corrected chi connectivity index (χ2v) is 10.5. The molecule has 0 heterocycles. The van der Waals surface area contributed by atoms with E-state index in [9.17, 15) is 19.0 Å². The first-order valence-corrected chi connectivity index (χ1v) is 10.9. The van der Waals surface area contributed by atoms with Gasteiger partial charge in [-0.15, -0.1) is 0 Å². The van der Waals surface area contributed by atoms with E-state index in [1.807, 2.05) is 6.07 Å². The number of carbonyl (C=O) groups excluding carboxylic acids is 1. The summed E-state index contributed by atoms with van der Waals surface area (Å²) in [5.74, 6) is 0. The Labute approximate surface area is 158 Å². The molecule has 0 aliphatic heterocycles. The summed E-state index contributed by atoms with van der Waals surface area (Å²) in [6, 6.07) is 9.01. The van der Waals surface area contributed by atoms with Crippen molar-refractivity contribution in [3.8, 4) is 0 Å². The number of hydrogen-bond acceptors (Lipinski definition) is 9. The molecule has 0 saturated heterocycles. The van der Waals surface area contributed by atoms with E-state index in [0.29, 0.717) is 0 Å². The first-order chi connectivity index (χ1) is 12.7. The molecule has 0 radical (unpaired) electrons. The van der Waals surface area contributed by atoms with Gasteiger partial charge in [-0.1, -0.05) is 30.3 Å². The highest BCUT2D eigenvalue weighted by Crippen LogP contribution is 2.76. The predicted octanol–water partition coefficient (Wildman–Crippen LogP) is 2.92. The zero-order chi connectivity index (χ0) is 20.6. The minimum absolute atomic E-state index is 0.0419. The molecule has 0 aromatic heterocycles. The third kappa shape index (κ3) is 5.39. The van der Waals surface area contributed by atoms with Crippen LogP contribution in [0.4, 0.5) is 4.79 Å². The van der Waals surface area contributed by atoms with Crippen LogP contribution in [-0.4, -0.2) is 51.3 Å². The zero-order valence-corrected chi connectivity index (χ0v) is 17.4. The fraction of sp³-hybridized carbons (Fsp3) is 0.533. The van der Waals surface area contributed by atoms with E-state index in [0.717, 1.165) is 34.0 Å². The monoisotopic (exact) mass is 425 g/mol. The molecule has 2 N–H and O–H groups in total. The Morgan fingerprint density at radius 2 is 1.48 bits per heavy atom. The number of aliphatic hydroxyl groups is 1. The lowest BCUT2D eigenvalue weighted by Gasteiger charge is -2.36. The second-order valence-electron chi connectivity index (χ2n) is 5.24. The minimum Gasteiger partial charge on any atom is -0.445 e. The predicted molar refractivity (Wildman–Crippen MR) is 97.4 cm³/mol. The van der Waals surface area contributed by atoms with E-state index >= 15 is 0 Å². The summed E-state index contributed by atoms with van der Waals surface area (Å²) in [5.41, 5.74) is 0.788. The first kappa shape index (κ1) is 23.8. The number of nitrogens with one attached hydrogen (secondary N) is 1. The lowest BCUT2D eigenvalue weighted by atomic mass is 10.2. The van der Waals surface area contributed by atoms with Crippen LogP contribution in [0.15, 0.2) is 30.3 Å². The van der Waals surface area contributed by atoms with Crippen LogP contribution >= 0.6 is 15.2 Å². The van der Waals surface area contributed by atoms with Crippen LogP contribution in [0.2, 0.25) is 0 Å². The van der Waals surface area contributed by atoms with Crippen molar-refractivity contribution in [2.45, 2.75) is 18.1 Å². The van der Waals surface area contributed by atoms with E-state index in [2.05, 4.69) is 5.32 Å². The van der Waals surface area contributed by atoms with Crippen LogP contribution in [0.25, 0.3) is 0 Å². The molecule has 1 amide bonds. The molecular formula is C15H25NO9P2. The molecule has 1 rings (SSSR count). The van der Waals surface area contributed by atoms with Crippen molar-refractivity contribution in [1.82, 2.24) is 5.32 Å². The topological polar surface area (TPSA) is 130 Å². The molecule has 12 heteroatoms. The summed E-state index contributed by atoms with van der Waals surface area (Å²) in [5, 5.41) is 10.6. The van der Waals surface area contributed by atoms with Gasteiger partial charge in [0.25, 0.3) is 5.08 Å². The van der Waals surface area contributed by atoms with Gasteiger partial charge in [0.2, 0.25) is 0 Å². The van der Waals surface area contributed by atoms with Gasteiger partial charge in [0.15, 0.2) is 0 Å². The van der Waals surface area contributed by atoms with Gasteiger partial charge in [0.05, 0.1) is 0 Å². The molecule has 0 saturated carbocycles. The molecule has 10 nitrogen and oxygen atoms in total. The van der Waals surface area contributed by atoms with Crippen molar-refractivity contribution in [2.24, 2.45) is 0 Å². The maximum atomic E-state index is 12.8. The summed E-state index contributed by atoms with van der Waals surface area (Å²) >= 11 is 0. The van der Waals surface area contributed by atoms with Gasteiger partial charge in [-0.25, -0.2) is 4.79 Å². The lowest BCUT2D eigenvalue weighted by molar-refractivity contribution is 0.0948. The van der Waals surface area contributed by atoms with Crippen molar-refractivity contribution in [1.29, 1.82) is 0 Å². The number of carbonyl (C=O) groups is 1. The van der Waals surface area contributed by atoms with Crippen molar-refractivity contribution >= 4 is 21.3 Å². The van der Waals surface area contributed by atoms with Crippen molar-refractivity contribution < 1.29 is 41.9 Å². The summed E-state index contributed by atoms with van der Waals surface area (Å²) in [6.07, 6.45) is -1.29. The number of alkyl carbamates (subject to hydrolysis) is 1. The highest BCUT2D eigenvalue weighted by molar-refractivity contribution is 7.73. The Balaban J connectivity index is 2.79. The average Bonchev–Trinajstić information content (AvgIpc) is 2.71. The van der Waals surface area contributed by atoms with Gasteiger partial charge in [-0.05, 0) is 5.56 Å². The van der Waals surface area contributed by atoms with Crippen molar-refractivity contribution in [2.75, 3.05) is 35.0 Å². The van der Waals surface area contributed by atoms with Crippen molar-refractivity contribution in [3.05, 3.63) is 35.9 Å². The molecule has 0 atom stereocenters. The van der Waals surface area contributed by atoms with Gasteiger partial charge >= 0.3 is 21.3 Å². The molecule has 154 valence electrons. The summed E-state index contributed by atoms with van der Waals surface area (Å²) < 4.78 is 49.6. The van der Waals surface area contributed by atoms with E-state index < -0.39 is 32.8 Å². The number of rotatable bonds is 11. The van der Waals surface area contributed by atoms with Gasteiger partial charge in [-0.3, -0.25) is 9.13 Å². The second kappa shape index (κ2) is 10.3. The molecule has 27 heavy (non-hydrogen) atoms. The van der Waals surface area contributed by atoms with E-state index in [1.165, 1.54) is 0 Å². The third-order valence-corrected chi connectivity index (χ3v) is 9.38. The van der Waals surface area contributed by atoms with E-state index in [1.54, 1.807) is 24.3 Å². The Morgan fingerprint density at radius 3 is 1.93 bits per heavy atom. The highest BCUT2D eigenvalue weighted by atomic mass is 31.2. The van der Waals surface area contributed by atoms with Crippen LogP contribution in [0.3, 0.4) is 0 Å². The Kier molecular flexibility index (Phi) is 9.11. The fourth-order valence-electron chi connectivity index (χ4n) is 2.26. The SMILES string of the molecule is COP(=O)(OC)C(O)(CCNC(=O)OCc1ccccc1)P(=O)(OC)OC. The smallest absolute Gasteiger partial charge is 0.407 e. The largest absolute Gasteiger partial charge is 0.445 e. The Bertz CT molecular complexity index is 656. The molecule has 0 unspecified atom stereocenters. The number of amides is 1. The molecule has 0 aliphatic rings. The maximum absolute atomic E-state index is 12.8. The van der Waals surface area contributed by atoms with Crippen molar-refractivity contribution in [3.63, 3.8) is 0 Å². The van der Waals surface area contributed by atoms with E-state index in [4.69, 9.17) is 22.8 Å². The molecule has 1 aromatic carbocycles. The lowest BCUT2D eigenvalue weighted by Crippen LogP contribution is -2.37. The molecule has 0 spiro atoms. The number of benzene rings is 1. The zero-order valence-electron chi connectivity index (χ0n) is 15.6. The van der Waals surface area contributed by atoms with Crippen LogP contribution in [0.1, 0.15) is 12.0 Å². The average molecular weight is 425 g/mol. The summed E-state index contributed by atoms with van der Waals surface area (Å²) in [7, 11) is -4.58. The Hall–Kier alpha value is -1.25. The molecule has 1 aromatic rings. The standard InChI is InChI=1S/C15H25NO9P2/c1-21-26(19,22-2)15(18,27(20,23-3)24-4)10-11-16-14(17)25-12-13-8-6-5-7-9-13/h5-9,18H,10-12H2,1-4H3,(H,16,17). The van der Waals surface area contributed by atoms with Gasteiger partial charge in [0.1, 0.15) is 6.61 Å². The molecular weight excluding hydrogens is 400 g/mol. The Morgan fingerprint density at radius 1 is 1.00 bits per heavy atom. The summed E-state index contributed by atoms with van der Waals surface area (Å²) in [4.78, 5) is 11.8. The molecule has 0 aliphatic carbocycles. The fourth-order valence-corrected chi connectivity index (χ4v) is 6.68. The van der Waals surface area contributed by atoms with Crippen LogP contribution in [0.5, 0.6) is 0 Å².